The fourth-order valence-corrected chi connectivity index (χ4v) is 1.68. The van der Waals surface area contributed by atoms with E-state index in [1.807, 2.05) is 54.6 Å². The van der Waals surface area contributed by atoms with Gasteiger partial charge in [0.05, 0.1) is 6.26 Å². The fourth-order valence-electron chi connectivity index (χ4n) is 1.68. The molecule has 0 aliphatic rings. The molecular weight excluding hydrogens is 226 g/mol. The zero-order valence-electron chi connectivity index (χ0n) is 9.61. The van der Waals surface area contributed by atoms with Crippen molar-refractivity contribution in [3.05, 3.63) is 67.1 Å². The number of furan rings is 1. The molecule has 0 unspecified atom stereocenters. The van der Waals surface area contributed by atoms with Gasteiger partial charge in [0, 0.05) is 17.8 Å². The summed E-state index contributed by atoms with van der Waals surface area (Å²) in [6, 6.07) is 17.1. The number of nitrogens with zero attached hydrogens (tertiary/aromatic N) is 1. The summed E-state index contributed by atoms with van der Waals surface area (Å²) in [5.74, 6) is 2.14. The van der Waals surface area contributed by atoms with Crippen molar-refractivity contribution in [1.29, 1.82) is 0 Å². The maximum atomic E-state index is 5.66. The van der Waals surface area contributed by atoms with E-state index in [0.29, 0.717) is 5.88 Å². The van der Waals surface area contributed by atoms with E-state index in [0.717, 1.165) is 17.1 Å². The van der Waals surface area contributed by atoms with Crippen molar-refractivity contribution in [2.75, 3.05) is 0 Å². The largest absolute Gasteiger partial charge is 0.464 e. The van der Waals surface area contributed by atoms with Crippen molar-refractivity contribution < 1.29 is 9.15 Å². The highest BCUT2D eigenvalue weighted by Crippen LogP contribution is 2.26. The van der Waals surface area contributed by atoms with Crippen LogP contribution in [0.2, 0.25) is 0 Å². The summed E-state index contributed by atoms with van der Waals surface area (Å²) >= 11 is 0. The topological polar surface area (TPSA) is 35.3 Å². The first-order valence-electron chi connectivity index (χ1n) is 5.65. The van der Waals surface area contributed by atoms with Crippen molar-refractivity contribution in [1.82, 2.24) is 4.98 Å². The lowest BCUT2D eigenvalue weighted by Gasteiger charge is -2.05. The summed E-state index contributed by atoms with van der Waals surface area (Å²) in [6.07, 6.45) is 3.35. The molecule has 0 fully saturated rings. The number of rotatable bonds is 3. The van der Waals surface area contributed by atoms with E-state index in [9.17, 15) is 0 Å². The lowest BCUT2D eigenvalue weighted by Crippen LogP contribution is -1.86. The smallest absolute Gasteiger partial charge is 0.219 e. The van der Waals surface area contributed by atoms with E-state index < -0.39 is 0 Å². The Morgan fingerprint density at radius 1 is 0.944 bits per heavy atom. The highest BCUT2D eigenvalue weighted by molar-refractivity contribution is 5.59. The molecule has 0 atom stereocenters. The summed E-state index contributed by atoms with van der Waals surface area (Å²) in [6.45, 7) is 0. The van der Waals surface area contributed by atoms with Crippen LogP contribution in [-0.2, 0) is 0 Å². The Kier molecular flexibility index (Phi) is 2.80. The minimum Gasteiger partial charge on any atom is -0.464 e. The van der Waals surface area contributed by atoms with Crippen LogP contribution in [0.25, 0.3) is 11.3 Å². The van der Waals surface area contributed by atoms with Crippen LogP contribution in [0.1, 0.15) is 0 Å². The Balaban J connectivity index is 1.88. The lowest BCUT2D eigenvalue weighted by atomic mass is 10.2. The highest BCUT2D eigenvalue weighted by atomic mass is 16.5. The molecule has 0 saturated heterocycles. The summed E-state index contributed by atoms with van der Waals surface area (Å²) in [5.41, 5.74) is 0.980. The van der Waals surface area contributed by atoms with Crippen LogP contribution in [0.4, 0.5) is 0 Å². The molecule has 18 heavy (non-hydrogen) atoms. The van der Waals surface area contributed by atoms with Gasteiger partial charge in [0.25, 0.3) is 0 Å². The molecule has 3 rings (SSSR count). The molecule has 0 N–H and O–H groups in total. The number of aromatic nitrogens is 1. The fraction of sp³-hybridized carbons (Fsp3) is 0. The Bertz CT molecular complexity index is 618. The Hall–Kier alpha value is -2.55. The van der Waals surface area contributed by atoms with Gasteiger partial charge >= 0.3 is 0 Å². The molecule has 0 aliphatic carbocycles. The van der Waals surface area contributed by atoms with Gasteiger partial charge in [-0.15, -0.1) is 0 Å². The van der Waals surface area contributed by atoms with Gasteiger partial charge in [0.1, 0.15) is 11.5 Å². The monoisotopic (exact) mass is 237 g/mol. The van der Waals surface area contributed by atoms with Crippen LogP contribution in [0, 0.1) is 0 Å². The SMILES string of the molecule is c1ccc(Oc2cccc(-c3ccco3)c2)nc1. The van der Waals surface area contributed by atoms with Crippen molar-refractivity contribution in [2.24, 2.45) is 0 Å². The molecule has 88 valence electrons. The number of hydrogen-bond acceptors (Lipinski definition) is 3. The number of benzene rings is 1. The minimum absolute atomic E-state index is 0.578. The van der Waals surface area contributed by atoms with Gasteiger partial charge in [0.15, 0.2) is 0 Å². The predicted octanol–water partition coefficient (Wildman–Crippen LogP) is 4.13. The Labute approximate surface area is 105 Å². The molecule has 0 saturated carbocycles. The van der Waals surface area contributed by atoms with Crippen molar-refractivity contribution >= 4 is 0 Å². The zero-order chi connectivity index (χ0) is 12.2. The quantitative estimate of drug-likeness (QED) is 0.686. The molecule has 0 radical (unpaired) electrons. The number of pyridine rings is 1. The molecule has 2 heterocycles. The summed E-state index contributed by atoms with van der Waals surface area (Å²) in [5, 5.41) is 0. The second-order valence-electron chi connectivity index (χ2n) is 3.78. The van der Waals surface area contributed by atoms with Crippen LogP contribution >= 0.6 is 0 Å². The first kappa shape index (κ1) is 10.6. The lowest BCUT2D eigenvalue weighted by molar-refractivity contribution is 0.463. The standard InChI is InChI=1S/C15H11NO2/c1-2-9-16-15(8-1)18-13-6-3-5-12(11-13)14-7-4-10-17-14/h1-11H. The van der Waals surface area contributed by atoms with Crippen molar-refractivity contribution in [3.8, 4) is 23.0 Å². The van der Waals surface area contributed by atoms with Gasteiger partial charge < -0.3 is 9.15 Å². The van der Waals surface area contributed by atoms with Gasteiger partial charge in [-0.25, -0.2) is 4.98 Å². The number of hydrogen-bond donors (Lipinski definition) is 0. The average molecular weight is 237 g/mol. The normalized spacial score (nSPS) is 10.2. The highest BCUT2D eigenvalue weighted by Gasteiger charge is 2.03. The van der Waals surface area contributed by atoms with Crippen molar-refractivity contribution in [3.63, 3.8) is 0 Å². The van der Waals surface area contributed by atoms with E-state index in [1.54, 1.807) is 12.5 Å². The van der Waals surface area contributed by atoms with Crippen LogP contribution in [0.5, 0.6) is 11.6 Å². The molecule has 1 aromatic carbocycles. The number of ether oxygens (including phenoxy) is 1. The van der Waals surface area contributed by atoms with E-state index in [-0.39, 0.29) is 0 Å². The second-order valence-corrected chi connectivity index (χ2v) is 3.78. The van der Waals surface area contributed by atoms with E-state index >= 15 is 0 Å². The molecule has 0 aliphatic heterocycles. The molecule has 0 amide bonds. The molecule has 0 spiro atoms. The van der Waals surface area contributed by atoms with Gasteiger partial charge in [-0.1, -0.05) is 18.2 Å². The predicted molar refractivity (Wildman–Crippen MR) is 68.5 cm³/mol. The average Bonchev–Trinajstić information content (AvgIpc) is 2.94. The minimum atomic E-state index is 0.578. The van der Waals surface area contributed by atoms with Crippen LogP contribution in [-0.4, -0.2) is 4.98 Å². The molecule has 3 aromatic rings. The summed E-state index contributed by atoms with van der Waals surface area (Å²) < 4.78 is 11.0. The van der Waals surface area contributed by atoms with E-state index in [4.69, 9.17) is 9.15 Å². The summed E-state index contributed by atoms with van der Waals surface area (Å²) in [4.78, 5) is 4.12. The Morgan fingerprint density at radius 3 is 2.72 bits per heavy atom. The van der Waals surface area contributed by atoms with Crippen LogP contribution in [0.15, 0.2) is 71.5 Å². The molecule has 0 bridgehead atoms. The van der Waals surface area contributed by atoms with Crippen LogP contribution in [0.3, 0.4) is 0 Å². The van der Waals surface area contributed by atoms with Crippen LogP contribution < -0.4 is 4.74 Å². The first-order chi connectivity index (χ1) is 8.92. The molecule has 3 nitrogen and oxygen atoms in total. The van der Waals surface area contributed by atoms with Gasteiger partial charge in [-0.3, -0.25) is 0 Å². The van der Waals surface area contributed by atoms with Crippen molar-refractivity contribution in [2.45, 2.75) is 0 Å². The third-order valence-electron chi connectivity index (χ3n) is 2.50. The maximum absolute atomic E-state index is 5.66. The second kappa shape index (κ2) is 4.75. The van der Waals surface area contributed by atoms with Gasteiger partial charge in [-0.05, 0) is 30.3 Å². The van der Waals surface area contributed by atoms with Gasteiger partial charge in [-0.2, -0.15) is 0 Å². The Morgan fingerprint density at radius 2 is 1.94 bits per heavy atom. The molecule has 3 heteroatoms. The third-order valence-corrected chi connectivity index (χ3v) is 2.50. The zero-order valence-corrected chi connectivity index (χ0v) is 9.61. The molecule has 2 aromatic heterocycles. The first-order valence-corrected chi connectivity index (χ1v) is 5.65. The van der Waals surface area contributed by atoms with E-state index in [1.165, 1.54) is 0 Å². The molecular formula is C15H11NO2. The maximum Gasteiger partial charge on any atom is 0.219 e. The summed E-state index contributed by atoms with van der Waals surface area (Å²) in [7, 11) is 0. The van der Waals surface area contributed by atoms with E-state index in [2.05, 4.69) is 4.98 Å². The third kappa shape index (κ3) is 2.25. The van der Waals surface area contributed by atoms with Gasteiger partial charge in [0.2, 0.25) is 5.88 Å².